The van der Waals surface area contributed by atoms with E-state index in [1.807, 2.05) is 23.1 Å². The molecule has 1 saturated heterocycles. The Balaban J connectivity index is 1.40. The predicted octanol–water partition coefficient (Wildman–Crippen LogP) is 1.23. The van der Waals surface area contributed by atoms with Crippen molar-refractivity contribution in [3.8, 4) is 0 Å². The van der Waals surface area contributed by atoms with Gasteiger partial charge in [-0.2, -0.15) is 0 Å². The Morgan fingerprint density at radius 3 is 2.48 bits per heavy atom. The van der Waals surface area contributed by atoms with E-state index >= 15 is 0 Å². The molecule has 1 atom stereocenters. The number of aliphatic imine (C=N–C) groups is 1. The third-order valence-electron chi connectivity index (χ3n) is 4.87. The van der Waals surface area contributed by atoms with Crippen LogP contribution in [0.1, 0.15) is 6.42 Å². The summed E-state index contributed by atoms with van der Waals surface area (Å²) in [4.78, 5) is 37.6. The van der Waals surface area contributed by atoms with Crippen molar-refractivity contribution in [1.29, 1.82) is 0 Å². The third-order valence-corrected chi connectivity index (χ3v) is 4.87. The quantitative estimate of drug-likeness (QED) is 0.815. The molecule has 9 heteroatoms. The van der Waals surface area contributed by atoms with Crippen molar-refractivity contribution in [2.24, 2.45) is 4.99 Å². The van der Waals surface area contributed by atoms with Gasteiger partial charge in [-0.1, -0.05) is 6.07 Å². The van der Waals surface area contributed by atoms with Gasteiger partial charge in [0.1, 0.15) is 17.7 Å². The third kappa shape index (κ3) is 4.50. The van der Waals surface area contributed by atoms with Gasteiger partial charge in [0.15, 0.2) is 0 Å². The summed E-state index contributed by atoms with van der Waals surface area (Å²) in [7, 11) is 0. The number of hydrogen-bond acceptors (Lipinski definition) is 6. The van der Waals surface area contributed by atoms with E-state index in [9.17, 15) is 14.0 Å². The van der Waals surface area contributed by atoms with Crippen LogP contribution in [0.25, 0.3) is 0 Å². The number of guanidine groups is 1. The normalized spacial score (nSPS) is 19.4. The molecule has 0 spiro atoms. The molecule has 0 aliphatic carbocycles. The Bertz CT molecular complexity index is 910. The van der Waals surface area contributed by atoms with Crippen LogP contribution in [-0.2, 0) is 9.59 Å². The first-order chi connectivity index (χ1) is 14.1. The number of nitrogens with zero attached hydrogens (tertiary/aromatic N) is 4. The number of benzene rings is 1. The molecule has 0 unspecified atom stereocenters. The molecule has 0 radical (unpaired) electrons. The average Bonchev–Trinajstić information content (AvgIpc) is 2.75. The monoisotopic (exact) mass is 396 g/mol. The SMILES string of the molecule is O=C1C[C@@H](C(=O)Nc2ccc(F)cc2)N=C(N2CCN(c3ccccn3)CC2)N1. The van der Waals surface area contributed by atoms with Crippen molar-refractivity contribution in [2.75, 3.05) is 36.4 Å². The van der Waals surface area contributed by atoms with Gasteiger partial charge in [0.25, 0.3) is 0 Å². The lowest BCUT2D eigenvalue weighted by Crippen LogP contribution is -2.56. The molecule has 2 aliphatic heterocycles. The first-order valence-electron chi connectivity index (χ1n) is 9.43. The summed E-state index contributed by atoms with van der Waals surface area (Å²) in [6.07, 6.45) is 1.74. The molecule has 2 amide bonds. The van der Waals surface area contributed by atoms with Crippen LogP contribution in [0, 0.1) is 5.82 Å². The second kappa shape index (κ2) is 8.26. The van der Waals surface area contributed by atoms with Gasteiger partial charge in [-0.25, -0.2) is 14.4 Å². The van der Waals surface area contributed by atoms with Gasteiger partial charge in [-0.05, 0) is 36.4 Å². The van der Waals surface area contributed by atoms with Crippen LogP contribution in [0.15, 0.2) is 53.7 Å². The Morgan fingerprint density at radius 1 is 1.07 bits per heavy atom. The second-order valence-electron chi connectivity index (χ2n) is 6.88. The van der Waals surface area contributed by atoms with Gasteiger partial charge in [-0.15, -0.1) is 0 Å². The summed E-state index contributed by atoms with van der Waals surface area (Å²) in [5.41, 5.74) is 0.461. The number of rotatable bonds is 3. The number of hydrogen-bond donors (Lipinski definition) is 2. The van der Waals surface area contributed by atoms with Crippen molar-refractivity contribution in [3.63, 3.8) is 0 Å². The first kappa shape index (κ1) is 18.9. The molecule has 1 aromatic heterocycles. The van der Waals surface area contributed by atoms with Crippen molar-refractivity contribution in [2.45, 2.75) is 12.5 Å². The van der Waals surface area contributed by atoms with Crippen molar-refractivity contribution in [1.82, 2.24) is 15.2 Å². The fraction of sp³-hybridized carbons (Fsp3) is 0.300. The van der Waals surface area contributed by atoms with Gasteiger partial charge in [0.05, 0.1) is 6.42 Å². The lowest BCUT2D eigenvalue weighted by atomic mass is 10.1. The van der Waals surface area contributed by atoms with Crippen LogP contribution >= 0.6 is 0 Å². The van der Waals surface area contributed by atoms with E-state index in [-0.39, 0.29) is 18.1 Å². The molecule has 2 aliphatic rings. The zero-order valence-electron chi connectivity index (χ0n) is 15.7. The molecule has 29 heavy (non-hydrogen) atoms. The number of amides is 2. The maximum atomic E-state index is 13.0. The topological polar surface area (TPSA) is 89.9 Å². The molecule has 150 valence electrons. The molecule has 2 aromatic rings. The van der Waals surface area contributed by atoms with E-state index in [1.165, 1.54) is 24.3 Å². The molecule has 1 fully saturated rings. The molecule has 1 aromatic carbocycles. The lowest BCUT2D eigenvalue weighted by molar-refractivity contribution is -0.125. The van der Waals surface area contributed by atoms with E-state index in [1.54, 1.807) is 6.20 Å². The number of aromatic nitrogens is 1. The highest BCUT2D eigenvalue weighted by molar-refractivity contribution is 6.06. The van der Waals surface area contributed by atoms with E-state index < -0.39 is 11.9 Å². The zero-order valence-corrected chi connectivity index (χ0v) is 15.7. The standard InChI is InChI=1S/C20H21FN6O2/c21-14-4-6-15(7-5-14)23-19(29)16-13-18(28)25-20(24-16)27-11-9-26(10-12-27)17-3-1-2-8-22-17/h1-8,16H,9-13H2,(H,23,29)(H,24,25,28)/t16-/m0/s1. The number of carbonyl (C=O) groups is 2. The summed E-state index contributed by atoms with van der Waals surface area (Å²) >= 11 is 0. The van der Waals surface area contributed by atoms with Crippen LogP contribution in [0.2, 0.25) is 0 Å². The molecule has 0 bridgehead atoms. The summed E-state index contributed by atoms with van der Waals surface area (Å²) < 4.78 is 13.0. The minimum Gasteiger partial charge on any atom is -0.353 e. The van der Waals surface area contributed by atoms with Gasteiger partial charge >= 0.3 is 0 Å². The summed E-state index contributed by atoms with van der Waals surface area (Å²) in [6.45, 7) is 2.78. The first-order valence-corrected chi connectivity index (χ1v) is 9.43. The average molecular weight is 396 g/mol. The van der Waals surface area contributed by atoms with Crippen molar-refractivity contribution >= 4 is 29.3 Å². The number of nitrogens with one attached hydrogen (secondary N) is 2. The fourth-order valence-corrected chi connectivity index (χ4v) is 3.34. The van der Waals surface area contributed by atoms with Gasteiger partial charge in [0.2, 0.25) is 17.8 Å². The van der Waals surface area contributed by atoms with Crippen LogP contribution in [0.4, 0.5) is 15.9 Å². The molecule has 2 N–H and O–H groups in total. The maximum Gasteiger partial charge on any atom is 0.249 e. The zero-order chi connectivity index (χ0) is 20.2. The number of carbonyl (C=O) groups excluding carboxylic acids is 2. The Kier molecular flexibility index (Phi) is 5.37. The molecular formula is C20H21FN6O2. The summed E-state index contributed by atoms with van der Waals surface area (Å²) in [5.74, 6) is 0.308. The molecule has 4 rings (SSSR count). The smallest absolute Gasteiger partial charge is 0.249 e. The highest BCUT2D eigenvalue weighted by Gasteiger charge is 2.30. The fourth-order valence-electron chi connectivity index (χ4n) is 3.34. The molecule has 0 saturated carbocycles. The van der Waals surface area contributed by atoms with Crippen LogP contribution in [0.3, 0.4) is 0 Å². The molecule has 3 heterocycles. The van der Waals surface area contributed by atoms with Crippen molar-refractivity contribution in [3.05, 3.63) is 54.5 Å². The maximum absolute atomic E-state index is 13.0. The Hall–Kier alpha value is -3.49. The van der Waals surface area contributed by atoms with Gasteiger partial charge < -0.3 is 15.1 Å². The summed E-state index contributed by atoms with van der Waals surface area (Å²) in [6, 6.07) is 10.4. The minimum atomic E-state index is -0.822. The Morgan fingerprint density at radius 2 is 1.79 bits per heavy atom. The van der Waals surface area contributed by atoms with Crippen LogP contribution < -0.4 is 15.5 Å². The number of pyridine rings is 1. The van der Waals surface area contributed by atoms with Gasteiger partial charge in [-0.3, -0.25) is 14.9 Å². The van der Waals surface area contributed by atoms with E-state index in [0.29, 0.717) is 24.7 Å². The van der Waals surface area contributed by atoms with Crippen LogP contribution in [0.5, 0.6) is 0 Å². The highest BCUT2D eigenvalue weighted by Crippen LogP contribution is 2.16. The second-order valence-corrected chi connectivity index (χ2v) is 6.88. The van der Waals surface area contributed by atoms with Gasteiger partial charge in [0, 0.05) is 38.1 Å². The molecule has 8 nitrogen and oxygen atoms in total. The Labute approximate surface area is 167 Å². The number of piperazine rings is 1. The van der Waals surface area contributed by atoms with E-state index in [0.717, 1.165) is 18.9 Å². The van der Waals surface area contributed by atoms with E-state index in [4.69, 9.17) is 0 Å². The number of anilines is 2. The van der Waals surface area contributed by atoms with E-state index in [2.05, 4.69) is 25.5 Å². The predicted molar refractivity (Wildman–Crippen MR) is 107 cm³/mol. The highest BCUT2D eigenvalue weighted by atomic mass is 19.1. The van der Waals surface area contributed by atoms with Crippen molar-refractivity contribution < 1.29 is 14.0 Å². The van der Waals surface area contributed by atoms with Crippen LogP contribution in [-0.4, -0.2) is 59.9 Å². The summed E-state index contributed by atoms with van der Waals surface area (Å²) in [5, 5.41) is 5.45. The lowest BCUT2D eigenvalue weighted by Gasteiger charge is -2.38. The number of halogens is 1. The minimum absolute atomic E-state index is 0.0234. The molecular weight excluding hydrogens is 375 g/mol. The largest absolute Gasteiger partial charge is 0.353 e.